The van der Waals surface area contributed by atoms with E-state index in [1.54, 1.807) is 11.1 Å². The topological polar surface area (TPSA) is 81.2 Å². The summed E-state index contributed by atoms with van der Waals surface area (Å²) in [6.07, 6.45) is 2.28. The molecule has 5 aliphatic rings. The highest BCUT2D eigenvalue weighted by molar-refractivity contribution is 5.77. The molecule has 0 bridgehead atoms. The van der Waals surface area contributed by atoms with Gasteiger partial charge >= 0.3 is 12.2 Å². The highest BCUT2D eigenvalue weighted by Crippen LogP contribution is 2.56. The average Bonchev–Trinajstić information content (AvgIpc) is 3.27. The number of amides is 2. The third-order valence-corrected chi connectivity index (χ3v) is 8.92. The fraction of sp³-hybridized carbons (Fsp3) is 0.680. The summed E-state index contributed by atoms with van der Waals surface area (Å²) in [5.74, 6) is 2.62. The number of alkyl halides is 3. The van der Waals surface area contributed by atoms with E-state index in [9.17, 15) is 18.0 Å². The molecule has 0 radical (unpaired) electrons. The molecular weight excluding hydrogens is 471 g/mol. The number of carbonyl (C=O) groups excluding carboxylic acids is 1. The van der Waals surface area contributed by atoms with Crippen LogP contribution in [-0.2, 0) is 0 Å². The number of likely N-dealkylation sites (tertiary alicyclic amines) is 2. The highest BCUT2D eigenvalue weighted by Gasteiger charge is 2.56. The SMILES string of the molecule is O=C(N1CC(c2ccc(N3CC[C@H](C(F)(F)F)C3)nc2)C1)N1CC2(CC(c3nnc(C4CC4)[nH]3)C2)C1. The predicted molar refractivity (Wildman–Crippen MR) is 125 cm³/mol. The maximum atomic E-state index is 13.0. The Morgan fingerprint density at radius 2 is 1.67 bits per heavy atom. The second kappa shape index (κ2) is 7.82. The molecule has 2 aliphatic carbocycles. The number of halogens is 3. The van der Waals surface area contributed by atoms with E-state index < -0.39 is 12.1 Å². The van der Waals surface area contributed by atoms with Crippen molar-refractivity contribution in [3.63, 3.8) is 0 Å². The van der Waals surface area contributed by atoms with Gasteiger partial charge < -0.3 is 19.7 Å². The maximum Gasteiger partial charge on any atom is 0.393 e. The van der Waals surface area contributed by atoms with Gasteiger partial charge in [-0.2, -0.15) is 13.2 Å². The van der Waals surface area contributed by atoms with E-state index in [-0.39, 0.29) is 30.3 Å². The Morgan fingerprint density at radius 3 is 2.28 bits per heavy atom. The Morgan fingerprint density at radius 1 is 0.944 bits per heavy atom. The van der Waals surface area contributed by atoms with Crippen LogP contribution in [-0.4, -0.2) is 81.4 Å². The zero-order valence-corrected chi connectivity index (χ0v) is 20.0. The van der Waals surface area contributed by atoms with Crippen LogP contribution >= 0.6 is 0 Å². The van der Waals surface area contributed by atoms with Gasteiger partial charge in [-0.1, -0.05) is 6.07 Å². The molecule has 0 aromatic carbocycles. The van der Waals surface area contributed by atoms with Crippen LogP contribution < -0.4 is 4.90 Å². The number of hydrogen-bond acceptors (Lipinski definition) is 5. The number of aromatic amines is 1. The monoisotopic (exact) mass is 501 g/mol. The van der Waals surface area contributed by atoms with E-state index in [1.807, 2.05) is 21.9 Å². The number of pyridine rings is 1. The van der Waals surface area contributed by atoms with Gasteiger partial charge in [0.05, 0.1) is 5.92 Å². The highest BCUT2D eigenvalue weighted by atomic mass is 19.4. The molecule has 2 saturated carbocycles. The van der Waals surface area contributed by atoms with Crippen molar-refractivity contribution in [2.24, 2.45) is 11.3 Å². The number of anilines is 1. The second-order valence-corrected chi connectivity index (χ2v) is 11.6. The first-order valence-electron chi connectivity index (χ1n) is 13.0. The molecule has 2 amide bonds. The Bertz CT molecular complexity index is 1140. The van der Waals surface area contributed by atoms with Gasteiger partial charge in [0.2, 0.25) is 0 Å². The Hall–Kier alpha value is -2.85. The second-order valence-electron chi connectivity index (χ2n) is 11.6. The lowest BCUT2D eigenvalue weighted by Gasteiger charge is -2.59. The van der Waals surface area contributed by atoms with Gasteiger partial charge in [-0.25, -0.2) is 9.78 Å². The number of rotatable bonds is 4. The van der Waals surface area contributed by atoms with Crippen LogP contribution in [0.3, 0.4) is 0 Å². The molecule has 8 nitrogen and oxygen atoms in total. The molecule has 1 N–H and O–H groups in total. The van der Waals surface area contributed by atoms with Crippen LogP contribution in [0.2, 0.25) is 0 Å². The van der Waals surface area contributed by atoms with Crippen molar-refractivity contribution in [1.29, 1.82) is 0 Å². The van der Waals surface area contributed by atoms with Crippen LogP contribution in [0.25, 0.3) is 0 Å². The molecule has 2 aromatic rings. The fourth-order valence-electron chi connectivity index (χ4n) is 6.46. The van der Waals surface area contributed by atoms with Crippen LogP contribution in [0, 0.1) is 11.3 Å². The molecule has 5 fully saturated rings. The molecule has 7 rings (SSSR count). The number of H-pyrrole nitrogens is 1. The van der Waals surface area contributed by atoms with Crippen LogP contribution in [0.5, 0.6) is 0 Å². The Kier molecular flexibility index (Phi) is 4.86. The van der Waals surface area contributed by atoms with Crippen LogP contribution in [0.4, 0.5) is 23.8 Å². The molecule has 36 heavy (non-hydrogen) atoms. The fourth-order valence-corrected chi connectivity index (χ4v) is 6.46. The smallest absolute Gasteiger partial charge is 0.356 e. The summed E-state index contributed by atoms with van der Waals surface area (Å²) in [7, 11) is 0. The maximum absolute atomic E-state index is 13.0. The van der Waals surface area contributed by atoms with Crippen molar-refractivity contribution < 1.29 is 18.0 Å². The van der Waals surface area contributed by atoms with Gasteiger partial charge in [0.25, 0.3) is 0 Å². The van der Waals surface area contributed by atoms with E-state index in [2.05, 4.69) is 20.2 Å². The zero-order valence-electron chi connectivity index (χ0n) is 20.0. The first kappa shape index (κ1) is 22.4. The summed E-state index contributed by atoms with van der Waals surface area (Å²) in [6.45, 7) is 3.30. The van der Waals surface area contributed by atoms with E-state index in [0.717, 1.165) is 43.1 Å². The van der Waals surface area contributed by atoms with Crippen molar-refractivity contribution in [1.82, 2.24) is 30.0 Å². The van der Waals surface area contributed by atoms with E-state index in [4.69, 9.17) is 0 Å². The molecule has 1 atom stereocenters. The molecule has 3 saturated heterocycles. The number of carbonyl (C=O) groups is 1. The molecule has 192 valence electrons. The minimum atomic E-state index is -4.15. The van der Waals surface area contributed by atoms with E-state index in [0.29, 0.717) is 37.3 Å². The molecular formula is C25H30F3N7O. The zero-order chi connectivity index (χ0) is 24.7. The van der Waals surface area contributed by atoms with E-state index >= 15 is 0 Å². The predicted octanol–water partition coefficient (Wildman–Crippen LogP) is 3.86. The first-order valence-corrected chi connectivity index (χ1v) is 13.0. The number of nitrogens with zero attached hydrogens (tertiary/aromatic N) is 6. The number of nitrogens with one attached hydrogen (secondary N) is 1. The summed E-state index contributed by atoms with van der Waals surface area (Å²) in [4.78, 5) is 26.3. The van der Waals surface area contributed by atoms with E-state index in [1.165, 1.54) is 12.8 Å². The van der Waals surface area contributed by atoms with Crippen molar-refractivity contribution in [2.75, 3.05) is 44.2 Å². The third kappa shape index (κ3) is 3.82. The lowest BCUT2D eigenvalue weighted by molar-refractivity contribution is -0.168. The number of hydrogen-bond donors (Lipinski definition) is 1. The van der Waals surface area contributed by atoms with Gasteiger partial charge in [-0.05, 0) is 43.7 Å². The molecule has 5 heterocycles. The lowest BCUT2D eigenvalue weighted by atomic mass is 9.57. The molecule has 3 aliphatic heterocycles. The third-order valence-electron chi connectivity index (χ3n) is 8.92. The average molecular weight is 502 g/mol. The standard InChI is InChI=1S/C25H30F3N7O/c26-25(27,28)19-5-6-33(12-19)20-4-3-16(9-29-20)18-10-34(11-18)23(36)35-13-24(14-35)7-17(8-24)22-30-21(31-32-22)15-1-2-15/h3-4,9,15,17-19H,1-2,5-8,10-14H2,(H,30,31,32)/t19-/m0/s1. The van der Waals surface area contributed by atoms with Gasteiger partial charge in [0, 0.05) is 68.6 Å². The molecule has 0 unspecified atom stereocenters. The van der Waals surface area contributed by atoms with Gasteiger partial charge in [0.15, 0.2) is 0 Å². The summed E-state index contributed by atoms with van der Waals surface area (Å²) < 4.78 is 38.9. The minimum absolute atomic E-state index is 0.0282. The molecule has 11 heteroatoms. The Labute approximate surface area is 207 Å². The first-order chi connectivity index (χ1) is 17.3. The van der Waals surface area contributed by atoms with Crippen molar-refractivity contribution in [2.45, 2.75) is 56.0 Å². The van der Waals surface area contributed by atoms with Gasteiger partial charge in [0.1, 0.15) is 17.5 Å². The van der Waals surface area contributed by atoms with Crippen LogP contribution in [0.15, 0.2) is 18.3 Å². The largest absolute Gasteiger partial charge is 0.393 e. The van der Waals surface area contributed by atoms with Gasteiger partial charge in [-0.3, -0.25) is 0 Å². The van der Waals surface area contributed by atoms with Gasteiger partial charge in [-0.15, -0.1) is 10.2 Å². The number of urea groups is 1. The summed E-state index contributed by atoms with van der Waals surface area (Å²) in [5.41, 5.74) is 1.28. The normalized spacial score (nSPS) is 26.2. The van der Waals surface area contributed by atoms with Crippen molar-refractivity contribution >= 4 is 11.8 Å². The molecule has 1 spiro atoms. The van der Waals surface area contributed by atoms with Crippen molar-refractivity contribution in [3.05, 3.63) is 35.5 Å². The Balaban J connectivity index is 0.866. The summed E-state index contributed by atoms with van der Waals surface area (Å²) >= 11 is 0. The lowest BCUT2D eigenvalue weighted by Crippen LogP contribution is -2.67. The molecule has 2 aromatic heterocycles. The summed E-state index contributed by atoms with van der Waals surface area (Å²) in [5, 5.41) is 8.66. The quantitative estimate of drug-likeness (QED) is 0.688. The minimum Gasteiger partial charge on any atom is -0.356 e. The van der Waals surface area contributed by atoms with Crippen LogP contribution in [0.1, 0.15) is 67.1 Å². The summed E-state index contributed by atoms with van der Waals surface area (Å²) in [6, 6.07) is 3.87. The van der Waals surface area contributed by atoms with Crippen molar-refractivity contribution in [3.8, 4) is 0 Å². The number of aromatic nitrogens is 4.